The van der Waals surface area contributed by atoms with Gasteiger partial charge in [-0.25, -0.2) is 0 Å². The molecule has 0 atom stereocenters. The summed E-state index contributed by atoms with van der Waals surface area (Å²) < 4.78 is 5.86. The van der Waals surface area contributed by atoms with Crippen LogP contribution in [0.5, 0.6) is 0 Å². The summed E-state index contributed by atoms with van der Waals surface area (Å²) in [5.41, 5.74) is 0.842. The Balaban J connectivity index is 2.12. The van der Waals surface area contributed by atoms with Crippen molar-refractivity contribution in [3.05, 3.63) is 0 Å². The average Bonchev–Trinajstić information content (AvgIpc) is 2.07. The minimum Gasteiger partial charge on any atom is -0.375 e. The fraction of sp³-hybridized carbons (Fsp3) is 1.00. The molecule has 0 spiro atoms. The van der Waals surface area contributed by atoms with E-state index in [9.17, 15) is 0 Å². The lowest BCUT2D eigenvalue weighted by atomic mass is 9.65. The highest BCUT2D eigenvalue weighted by Crippen LogP contribution is 2.50. The van der Waals surface area contributed by atoms with Crippen LogP contribution in [-0.4, -0.2) is 12.2 Å². The Labute approximate surface area is 69.1 Å². The minimum absolute atomic E-state index is 0.261. The molecule has 2 aliphatic heterocycles. The van der Waals surface area contributed by atoms with Crippen LogP contribution in [0.25, 0.3) is 0 Å². The van der Waals surface area contributed by atoms with Crippen molar-refractivity contribution < 1.29 is 4.74 Å². The summed E-state index contributed by atoms with van der Waals surface area (Å²) in [4.78, 5) is 0. The lowest BCUT2D eigenvalue weighted by Crippen LogP contribution is -2.48. The molecule has 2 bridgehead atoms. The molecule has 1 aliphatic carbocycles. The third kappa shape index (κ3) is 1.10. The maximum absolute atomic E-state index is 5.86. The minimum atomic E-state index is 0.261. The molecular formula is C10H18O. The maximum Gasteiger partial charge on any atom is 0.0655 e. The normalized spacial score (nSPS) is 49.6. The van der Waals surface area contributed by atoms with Crippen LogP contribution < -0.4 is 0 Å². The first kappa shape index (κ1) is 7.60. The molecule has 0 N–H and O–H groups in total. The molecule has 3 fully saturated rings. The topological polar surface area (TPSA) is 9.23 Å². The molecule has 3 rings (SSSR count). The van der Waals surface area contributed by atoms with Crippen LogP contribution in [0.1, 0.15) is 46.0 Å². The Kier molecular flexibility index (Phi) is 1.54. The molecule has 2 saturated heterocycles. The van der Waals surface area contributed by atoms with Gasteiger partial charge in [0.05, 0.1) is 12.2 Å². The SMILES string of the molecule is CCC12CCC(C)(CC1)OC2. The van der Waals surface area contributed by atoms with Gasteiger partial charge in [0.2, 0.25) is 0 Å². The number of hydrogen-bond acceptors (Lipinski definition) is 1. The van der Waals surface area contributed by atoms with E-state index in [4.69, 9.17) is 4.74 Å². The Morgan fingerprint density at radius 2 is 1.82 bits per heavy atom. The fourth-order valence-electron chi connectivity index (χ4n) is 2.38. The zero-order valence-electron chi connectivity index (χ0n) is 7.65. The summed E-state index contributed by atoms with van der Waals surface area (Å²) in [6.45, 7) is 5.60. The molecule has 0 aromatic heterocycles. The summed E-state index contributed by atoms with van der Waals surface area (Å²) in [6.07, 6.45) is 6.70. The van der Waals surface area contributed by atoms with Crippen LogP contribution in [0.4, 0.5) is 0 Å². The standard InChI is InChI=1S/C10H18O/c1-3-10-6-4-9(2,5-7-10)11-8-10/h3-8H2,1-2H3. The molecule has 11 heavy (non-hydrogen) atoms. The lowest BCUT2D eigenvalue weighted by molar-refractivity contribution is -0.174. The maximum atomic E-state index is 5.86. The van der Waals surface area contributed by atoms with Gasteiger partial charge in [0.15, 0.2) is 0 Å². The molecule has 0 unspecified atom stereocenters. The second-order valence-electron chi connectivity index (χ2n) is 4.59. The van der Waals surface area contributed by atoms with Gasteiger partial charge in [0.1, 0.15) is 0 Å². The monoisotopic (exact) mass is 154 g/mol. The van der Waals surface area contributed by atoms with Gasteiger partial charge in [-0.05, 0) is 44.4 Å². The van der Waals surface area contributed by atoms with E-state index in [2.05, 4.69) is 13.8 Å². The first-order chi connectivity index (χ1) is 5.18. The van der Waals surface area contributed by atoms with E-state index in [1.54, 1.807) is 0 Å². The van der Waals surface area contributed by atoms with E-state index in [0.717, 1.165) is 6.61 Å². The third-order valence-corrected chi connectivity index (χ3v) is 3.85. The Bertz CT molecular complexity index is 138. The Morgan fingerprint density at radius 1 is 1.18 bits per heavy atom. The molecule has 0 aromatic carbocycles. The van der Waals surface area contributed by atoms with Gasteiger partial charge in [-0.2, -0.15) is 0 Å². The number of ether oxygens (including phenoxy) is 1. The van der Waals surface area contributed by atoms with Crippen LogP contribution in [0, 0.1) is 5.41 Å². The first-order valence-electron chi connectivity index (χ1n) is 4.82. The van der Waals surface area contributed by atoms with Crippen LogP contribution in [-0.2, 0) is 4.74 Å². The van der Waals surface area contributed by atoms with Crippen molar-refractivity contribution in [1.82, 2.24) is 0 Å². The van der Waals surface area contributed by atoms with Crippen LogP contribution in [0.2, 0.25) is 0 Å². The summed E-state index contributed by atoms with van der Waals surface area (Å²) in [5.74, 6) is 0. The molecule has 0 radical (unpaired) electrons. The summed E-state index contributed by atoms with van der Waals surface area (Å²) in [5, 5.41) is 0. The highest BCUT2D eigenvalue weighted by atomic mass is 16.5. The van der Waals surface area contributed by atoms with Crippen molar-refractivity contribution in [1.29, 1.82) is 0 Å². The van der Waals surface area contributed by atoms with Gasteiger partial charge in [-0.1, -0.05) is 6.92 Å². The van der Waals surface area contributed by atoms with Crippen LogP contribution in [0.15, 0.2) is 0 Å². The molecular weight excluding hydrogens is 136 g/mol. The van der Waals surface area contributed by atoms with Gasteiger partial charge >= 0.3 is 0 Å². The lowest BCUT2D eigenvalue weighted by Gasteiger charge is -2.51. The van der Waals surface area contributed by atoms with E-state index in [-0.39, 0.29) is 5.60 Å². The molecule has 1 saturated carbocycles. The smallest absolute Gasteiger partial charge is 0.0655 e. The van der Waals surface area contributed by atoms with E-state index >= 15 is 0 Å². The second kappa shape index (κ2) is 2.22. The van der Waals surface area contributed by atoms with E-state index in [0.29, 0.717) is 5.41 Å². The third-order valence-electron chi connectivity index (χ3n) is 3.85. The van der Waals surface area contributed by atoms with E-state index < -0.39 is 0 Å². The highest BCUT2D eigenvalue weighted by Gasteiger charge is 2.45. The van der Waals surface area contributed by atoms with E-state index in [1.165, 1.54) is 32.1 Å². The zero-order valence-corrected chi connectivity index (χ0v) is 7.65. The van der Waals surface area contributed by atoms with Gasteiger partial charge in [0, 0.05) is 0 Å². The highest BCUT2D eigenvalue weighted by molar-refractivity contribution is 4.96. The second-order valence-corrected chi connectivity index (χ2v) is 4.59. The quantitative estimate of drug-likeness (QED) is 0.564. The Hall–Kier alpha value is -0.0400. The zero-order chi connectivity index (χ0) is 7.95. The van der Waals surface area contributed by atoms with Crippen molar-refractivity contribution in [3.8, 4) is 0 Å². The largest absolute Gasteiger partial charge is 0.375 e. The molecule has 0 amide bonds. The predicted molar refractivity (Wildman–Crippen MR) is 45.5 cm³/mol. The van der Waals surface area contributed by atoms with Crippen molar-refractivity contribution in [2.45, 2.75) is 51.6 Å². The van der Waals surface area contributed by atoms with Crippen molar-refractivity contribution in [2.75, 3.05) is 6.61 Å². The van der Waals surface area contributed by atoms with Gasteiger partial charge in [-0.3, -0.25) is 0 Å². The summed E-state index contributed by atoms with van der Waals surface area (Å²) >= 11 is 0. The van der Waals surface area contributed by atoms with E-state index in [1.807, 2.05) is 0 Å². The molecule has 0 aromatic rings. The van der Waals surface area contributed by atoms with Crippen molar-refractivity contribution in [3.63, 3.8) is 0 Å². The number of rotatable bonds is 1. The number of fused-ring (bicyclic) bond motifs is 3. The first-order valence-corrected chi connectivity index (χ1v) is 4.82. The average molecular weight is 154 g/mol. The molecule has 1 nitrogen and oxygen atoms in total. The van der Waals surface area contributed by atoms with Crippen molar-refractivity contribution in [2.24, 2.45) is 5.41 Å². The predicted octanol–water partition coefficient (Wildman–Crippen LogP) is 2.75. The Morgan fingerprint density at radius 3 is 2.18 bits per heavy atom. The summed E-state index contributed by atoms with van der Waals surface area (Å²) in [7, 11) is 0. The molecule has 3 aliphatic rings. The van der Waals surface area contributed by atoms with Gasteiger partial charge in [0.25, 0.3) is 0 Å². The molecule has 1 heteroatoms. The van der Waals surface area contributed by atoms with Crippen molar-refractivity contribution >= 4 is 0 Å². The summed E-state index contributed by atoms with van der Waals surface area (Å²) in [6, 6.07) is 0. The van der Waals surface area contributed by atoms with Crippen LogP contribution in [0.3, 0.4) is 0 Å². The van der Waals surface area contributed by atoms with Crippen LogP contribution >= 0.6 is 0 Å². The molecule has 64 valence electrons. The van der Waals surface area contributed by atoms with Gasteiger partial charge < -0.3 is 4.74 Å². The van der Waals surface area contributed by atoms with Gasteiger partial charge in [-0.15, -0.1) is 0 Å². The molecule has 2 heterocycles. The number of hydrogen-bond donors (Lipinski definition) is 0. The fourth-order valence-corrected chi connectivity index (χ4v) is 2.38.